The van der Waals surface area contributed by atoms with Crippen LogP contribution in [0.15, 0.2) is 54.8 Å². The number of anilines is 2. The van der Waals surface area contributed by atoms with Gasteiger partial charge in [0.2, 0.25) is 0 Å². The van der Waals surface area contributed by atoms with Gasteiger partial charge in [-0.2, -0.15) is 18.4 Å². The largest absolute Gasteiger partial charge is 0.490 e. The molecule has 1 aliphatic heterocycles. The highest BCUT2D eigenvalue weighted by atomic mass is 32.1. The number of halogens is 4. The van der Waals surface area contributed by atoms with E-state index in [1.54, 1.807) is 13.8 Å². The van der Waals surface area contributed by atoms with Crippen molar-refractivity contribution >= 4 is 34.6 Å². The minimum absolute atomic E-state index is 0.00496. The number of rotatable bonds is 8. The molecule has 1 aromatic heterocycles. The third-order valence-electron chi connectivity index (χ3n) is 6.03. The van der Waals surface area contributed by atoms with E-state index in [1.165, 1.54) is 23.1 Å². The van der Waals surface area contributed by atoms with Crippen molar-refractivity contribution < 1.29 is 27.1 Å². The van der Waals surface area contributed by atoms with Crippen molar-refractivity contribution in [1.29, 1.82) is 5.26 Å². The Labute approximate surface area is 217 Å². The van der Waals surface area contributed by atoms with E-state index in [-0.39, 0.29) is 35.3 Å². The lowest BCUT2D eigenvalue weighted by atomic mass is 9.96. The fourth-order valence-electron chi connectivity index (χ4n) is 3.91. The summed E-state index contributed by atoms with van der Waals surface area (Å²) in [6, 6.07) is 6.15. The van der Waals surface area contributed by atoms with E-state index in [0.29, 0.717) is 12.5 Å². The third-order valence-corrected chi connectivity index (χ3v) is 6.39. The van der Waals surface area contributed by atoms with Gasteiger partial charge in [0.15, 0.2) is 22.4 Å². The fourth-order valence-corrected chi connectivity index (χ4v) is 4.40. The second kappa shape index (κ2) is 10.7. The average Bonchev–Trinajstić information content (AvgIpc) is 3.04. The number of nitrogens with zero attached hydrogens (tertiary/aromatic N) is 4. The molecule has 11 heteroatoms. The van der Waals surface area contributed by atoms with E-state index in [0.717, 1.165) is 22.7 Å². The van der Waals surface area contributed by atoms with Crippen molar-refractivity contribution in [1.82, 2.24) is 4.98 Å². The number of amides is 1. The van der Waals surface area contributed by atoms with Gasteiger partial charge in [0.05, 0.1) is 24.1 Å². The maximum atomic E-state index is 14.9. The highest BCUT2D eigenvalue weighted by molar-refractivity contribution is 7.81. The lowest BCUT2D eigenvalue weighted by Gasteiger charge is -2.32. The summed E-state index contributed by atoms with van der Waals surface area (Å²) in [6.45, 7) is 9.20. The lowest BCUT2D eigenvalue weighted by molar-refractivity contribution is -0.138. The zero-order valence-electron chi connectivity index (χ0n) is 20.4. The van der Waals surface area contributed by atoms with Crippen molar-refractivity contribution in [3.05, 3.63) is 71.8 Å². The first kappa shape index (κ1) is 27.8. The molecule has 2 heterocycles. The molecule has 1 aromatic carbocycles. The molecule has 0 radical (unpaired) electrons. The molecular weight excluding hydrogens is 508 g/mol. The van der Waals surface area contributed by atoms with Crippen LogP contribution in [0.5, 0.6) is 5.75 Å². The minimum atomic E-state index is -4.87. The van der Waals surface area contributed by atoms with Crippen LogP contribution in [-0.2, 0) is 11.0 Å². The Balaban J connectivity index is 1.96. The van der Waals surface area contributed by atoms with Crippen LogP contribution in [-0.4, -0.2) is 28.1 Å². The predicted molar refractivity (Wildman–Crippen MR) is 136 cm³/mol. The van der Waals surface area contributed by atoms with Gasteiger partial charge in [-0.1, -0.05) is 31.2 Å². The van der Waals surface area contributed by atoms with Crippen LogP contribution >= 0.6 is 12.2 Å². The number of hydrogen-bond donors (Lipinski definition) is 0. The first-order chi connectivity index (χ1) is 17.4. The van der Waals surface area contributed by atoms with Crippen molar-refractivity contribution in [2.45, 2.75) is 45.3 Å². The molecule has 1 atom stereocenters. The Morgan fingerprint density at radius 3 is 2.59 bits per heavy atom. The van der Waals surface area contributed by atoms with E-state index in [2.05, 4.69) is 11.6 Å². The van der Waals surface area contributed by atoms with Crippen LogP contribution in [0.4, 0.5) is 28.9 Å². The molecule has 37 heavy (non-hydrogen) atoms. The first-order valence-electron chi connectivity index (χ1n) is 11.3. The molecule has 1 amide bonds. The van der Waals surface area contributed by atoms with Crippen molar-refractivity contribution in [3.8, 4) is 11.8 Å². The zero-order valence-corrected chi connectivity index (χ0v) is 21.2. The topological polar surface area (TPSA) is 69.5 Å². The maximum Gasteiger partial charge on any atom is 0.419 e. The second-order valence-electron chi connectivity index (χ2n) is 8.46. The van der Waals surface area contributed by atoms with Gasteiger partial charge >= 0.3 is 6.18 Å². The van der Waals surface area contributed by atoms with E-state index in [4.69, 9.17) is 22.2 Å². The third kappa shape index (κ3) is 5.34. The highest BCUT2D eigenvalue weighted by Crippen LogP contribution is 2.41. The standard InChI is InChI=1S/C26H24F4N4O2S/c1-5-7-16(3)10-11-36-22-9-8-17(13-20(22)27)34-24(37)33(23(35)25(34,4)6-2)18-12-19(26(28,29)30)21(14-31)32-15-18/h5,7-9,12-13,15H,3,6,10-11H2,1-2,4H3. The number of carbonyl (C=O) groups excluding carboxylic acids is 1. The van der Waals surface area contributed by atoms with Crippen molar-refractivity contribution in [2.24, 2.45) is 0 Å². The summed E-state index contributed by atoms with van der Waals surface area (Å²) in [5.74, 6) is -1.31. The number of benzene rings is 1. The Morgan fingerprint density at radius 2 is 2.03 bits per heavy atom. The number of aromatic nitrogens is 1. The van der Waals surface area contributed by atoms with Crippen LogP contribution in [0.1, 0.15) is 44.9 Å². The summed E-state index contributed by atoms with van der Waals surface area (Å²) in [4.78, 5) is 19.4. The number of ether oxygens (including phenoxy) is 1. The molecule has 1 aliphatic rings. The highest BCUT2D eigenvalue weighted by Gasteiger charge is 2.53. The Hall–Kier alpha value is -3.78. The van der Waals surface area contributed by atoms with Gasteiger partial charge in [-0.25, -0.2) is 9.37 Å². The predicted octanol–water partition coefficient (Wildman–Crippen LogP) is 6.32. The molecule has 1 saturated heterocycles. The molecule has 3 rings (SSSR count). The smallest absolute Gasteiger partial charge is 0.419 e. The summed E-state index contributed by atoms with van der Waals surface area (Å²) >= 11 is 5.50. The molecule has 0 spiro atoms. The van der Waals surface area contributed by atoms with Gasteiger partial charge in [0.25, 0.3) is 5.91 Å². The van der Waals surface area contributed by atoms with E-state index in [9.17, 15) is 22.4 Å². The lowest BCUT2D eigenvalue weighted by Crippen LogP contribution is -2.46. The first-order valence-corrected chi connectivity index (χ1v) is 11.7. The van der Waals surface area contributed by atoms with Crippen molar-refractivity contribution in [2.75, 3.05) is 16.4 Å². The molecular formula is C26H24F4N4O2S. The van der Waals surface area contributed by atoms with Crippen LogP contribution < -0.4 is 14.5 Å². The van der Waals surface area contributed by atoms with Crippen LogP contribution in [0.25, 0.3) is 0 Å². The number of carbonyl (C=O) groups is 1. The van der Waals surface area contributed by atoms with Gasteiger partial charge in [0, 0.05) is 18.2 Å². The summed E-state index contributed by atoms with van der Waals surface area (Å²) in [7, 11) is 0. The summed E-state index contributed by atoms with van der Waals surface area (Å²) in [6.07, 6.45) is 0.486. The molecule has 0 saturated carbocycles. The van der Waals surface area contributed by atoms with E-state index >= 15 is 0 Å². The van der Waals surface area contributed by atoms with Gasteiger partial charge in [-0.15, -0.1) is 0 Å². The molecule has 0 N–H and O–H groups in total. The number of nitriles is 1. The molecule has 2 aromatic rings. The van der Waals surface area contributed by atoms with Gasteiger partial charge in [-0.3, -0.25) is 9.69 Å². The number of thiocarbonyl (C=S) groups is 1. The van der Waals surface area contributed by atoms with Crippen LogP contribution in [0.2, 0.25) is 0 Å². The maximum absolute atomic E-state index is 14.9. The zero-order chi connectivity index (χ0) is 27.5. The molecule has 0 bridgehead atoms. The monoisotopic (exact) mass is 532 g/mol. The molecule has 0 aliphatic carbocycles. The molecule has 6 nitrogen and oxygen atoms in total. The average molecular weight is 533 g/mol. The fraction of sp³-hybridized carbons (Fsp3) is 0.308. The second-order valence-corrected chi connectivity index (χ2v) is 8.82. The normalized spacial score (nSPS) is 18.0. The summed E-state index contributed by atoms with van der Waals surface area (Å²) in [5, 5.41) is 8.88. The summed E-state index contributed by atoms with van der Waals surface area (Å²) < 4.78 is 61.0. The molecule has 1 unspecified atom stereocenters. The van der Waals surface area contributed by atoms with Gasteiger partial charge < -0.3 is 9.64 Å². The summed E-state index contributed by atoms with van der Waals surface area (Å²) in [5.41, 5.74) is -2.62. The van der Waals surface area contributed by atoms with Crippen LogP contribution in [0, 0.1) is 17.1 Å². The Morgan fingerprint density at radius 1 is 1.32 bits per heavy atom. The van der Waals surface area contributed by atoms with E-state index < -0.39 is 34.7 Å². The number of hydrogen-bond acceptors (Lipinski definition) is 5. The van der Waals surface area contributed by atoms with Gasteiger partial charge in [0.1, 0.15) is 11.6 Å². The molecule has 194 valence electrons. The van der Waals surface area contributed by atoms with Crippen molar-refractivity contribution in [3.63, 3.8) is 0 Å². The van der Waals surface area contributed by atoms with E-state index in [1.807, 2.05) is 19.1 Å². The number of pyridine rings is 1. The Bertz CT molecular complexity index is 1320. The number of allylic oxidation sites excluding steroid dienone is 2. The minimum Gasteiger partial charge on any atom is -0.490 e. The molecule has 1 fully saturated rings. The van der Waals surface area contributed by atoms with Gasteiger partial charge in [-0.05, 0) is 50.7 Å². The SMILES string of the molecule is C=C(C=CC)CCOc1ccc(N2C(=S)N(c3cnc(C#N)c(C(F)(F)F)c3)C(=O)C2(C)CC)cc1F. The Kier molecular flexibility index (Phi) is 8.03. The number of alkyl halides is 3. The quantitative estimate of drug-likeness (QED) is 0.225. The van der Waals surface area contributed by atoms with Crippen LogP contribution in [0.3, 0.4) is 0 Å².